The number of thioether (sulfide) groups is 1. The monoisotopic (exact) mass is 397 g/mol. The largest absolute Gasteiger partial charge is 0.351 e. The highest BCUT2D eigenvalue weighted by Gasteiger charge is 2.39. The number of aromatic nitrogens is 1. The predicted molar refractivity (Wildman–Crippen MR) is 99.1 cm³/mol. The third-order valence-electron chi connectivity index (χ3n) is 4.04. The van der Waals surface area contributed by atoms with Crippen LogP contribution in [0.15, 0.2) is 45.1 Å². The van der Waals surface area contributed by atoms with Crippen molar-refractivity contribution < 1.29 is 13.2 Å². The molecule has 1 amide bonds. The van der Waals surface area contributed by atoms with Gasteiger partial charge >= 0.3 is 0 Å². The fraction of sp³-hybridized carbons (Fsp3) is 0.375. The molecule has 0 radical (unpaired) electrons. The fourth-order valence-corrected chi connectivity index (χ4v) is 6.01. The molecule has 25 heavy (non-hydrogen) atoms. The molecule has 1 aliphatic heterocycles. The number of carbonyl (C=O) groups is 1. The minimum absolute atomic E-state index is 0.250. The SMILES string of the molecule is CSc1cc(CNC(=O)C2CCCN2S(=O)(=O)c2cccs2)ccn1. The van der Waals surface area contributed by atoms with E-state index in [0.29, 0.717) is 25.9 Å². The van der Waals surface area contributed by atoms with Crippen LogP contribution in [-0.4, -0.2) is 42.5 Å². The molecule has 1 N–H and O–H groups in total. The Morgan fingerprint density at radius 3 is 3.04 bits per heavy atom. The maximum atomic E-state index is 12.7. The summed E-state index contributed by atoms with van der Waals surface area (Å²) >= 11 is 2.71. The lowest BCUT2D eigenvalue weighted by Crippen LogP contribution is -2.45. The zero-order chi connectivity index (χ0) is 17.9. The van der Waals surface area contributed by atoms with Crippen LogP contribution in [0.1, 0.15) is 18.4 Å². The normalized spacial score (nSPS) is 18.4. The molecule has 9 heteroatoms. The second-order valence-electron chi connectivity index (χ2n) is 5.63. The molecule has 134 valence electrons. The van der Waals surface area contributed by atoms with Gasteiger partial charge < -0.3 is 5.32 Å². The summed E-state index contributed by atoms with van der Waals surface area (Å²) in [5, 5.41) is 5.47. The van der Waals surface area contributed by atoms with E-state index in [0.717, 1.165) is 10.6 Å². The van der Waals surface area contributed by atoms with E-state index in [1.807, 2.05) is 18.4 Å². The van der Waals surface area contributed by atoms with Crippen LogP contribution < -0.4 is 5.32 Å². The van der Waals surface area contributed by atoms with E-state index in [1.54, 1.807) is 23.7 Å². The first-order chi connectivity index (χ1) is 12.0. The number of nitrogens with zero attached hydrogens (tertiary/aromatic N) is 2. The van der Waals surface area contributed by atoms with Gasteiger partial charge in [0.05, 0.1) is 5.03 Å². The molecule has 2 aromatic rings. The van der Waals surface area contributed by atoms with Gasteiger partial charge in [-0.1, -0.05) is 6.07 Å². The Balaban J connectivity index is 1.69. The van der Waals surface area contributed by atoms with Crippen LogP contribution in [0.25, 0.3) is 0 Å². The van der Waals surface area contributed by atoms with E-state index in [1.165, 1.54) is 27.4 Å². The zero-order valence-corrected chi connectivity index (χ0v) is 16.2. The summed E-state index contributed by atoms with van der Waals surface area (Å²) < 4.78 is 27.0. The fourth-order valence-electron chi connectivity index (χ4n) is 2.79. The number of pyridine rings is 1. The van der Waals surface area contributed by atoms with Crippen molar-refractivity contribution in [3.63, 3.8) is 0 Å². The van der Waals surface area contributed by atoms with Gasteiger partial charge in [0.25, 0.3) is 10.0 Å². The number of rotatable bonds is 6. The minimum atomic E-state index is -3.61. The van der Waals surface area contributed by atoms with Crippen molar-refractivity contribution in [2.75, 3.05) is 12.8 Å². The van der Waals surface area contributed by atoms with Gasteiger partial charge in [-0.2, -0.15) is 4.31 Å². The first-order valence-corrected chi connectivity index (χ1v) is 11.4. The molecule has 3 rings (SSSR count). The second-order valence-corrected chi connectivity index (χ2v) is 9.52. The second kappa shape index (κ2) is 7.86. The number of amides is 1. The standard InChI is InChI=1S/C16H19N3O3S3/c1-23-14-10-12(6-7-17-14)11-18-16(20)13-4-2-8-19(13)25(21,22)15-5-3-9-24-15/h3,5-7,9-10,13H,2,4,8,11H2,1H3,(H,18,20). The highest BCUT2D eigenvalue weighted by molar-refractivity contribution is 7.98. The molecular formula is C16H19N3O3S3. The summed E-state index contributed by atoms with van der Waals surface area (Å²) in [6, 6.07) is 6.40. The maximum absolute atomic E-state index is 12.7. The topological polar surface area (TPSA) is 79.4 Å². The highest BCUT2D eigenvalue weighted by Crippen LogP contribution is 2.28. The summed E-state index contributed by atoms with van der Waals surface area (Å²) in [5.74, 6) is -0.250. The Bertz CT molecular complexity index is 837. The molecule has 1 aliphatic rings. The number of thiophene rings is 1. The van der Waals surface area contributed by atoms with Gasteiger partial charge in [-0.25, -0.2) is 13.4 Å². The first kappa shape index (κ1) is 18.4. The van der Waals surface area contributed by atoms with Gasteiger partial charge in [0, 0.05) is 19.3 Å². The lowest BCUT2D eigenvalue weighted by atomic mass is 10.2. The van der Waals surface area contributed by atoms with Crippen LogP contribution in [0.2, 0.25) is 0 Å². The van der Waals surface area contributed by atoms with Crippen molar-refractivity contribution in [1.82, 2.24) is 14.6 Å². The Morgan fingerprint density at radius 2 is 2.32 bits per heavy atom. The van der Waals surface area contributed by atoms with E-state index in [4.69, 9.17) is 0 Å². The van der Waals surface area contributed by atoms with E-state index in [2.05, 4.69) is 10.3 Å². The van der Waals surface area contributed by atoms with Crippen LogP contribution in [0.5, 0.6) is 0 Å². The van der Waals surface area contributed by atoms with Crippen molar-refractivity contribution >= 4 is 39.0 Å². The summed E-state index contributed by atoms with van der Waals surface area (Å²) in [6.07, 6.45) is 4.88. The van der Waals surface area contributed by atoms with Gasteiger partial charge in [0.15, 0.2) is 0 Å². The number of nitrogens with one attached hydrogen (secondary N) is 1. The van der Waals surface area contributed by atoms with Crippen molar-refractivity contribution in [3.8, 4) is 0 Å². The molecule has 1 unspecified atom stereocenters. The van der Waals surface area contributed by atoms with Gasteiger partial charge in [-0.05, 0) is 48.2 Å². The van der Waals surface area contributed by atoms with Crippen LogP contribution in [0.4, 0.5) is 0 Å². The third kappa shape index (κ3) is 4.05. The number of hydrogen-bond donors (Lipinski definition) is 1. The van der Waals surface area contributed by atoms with Crippen molar-refractivity contribution in [1.29, 1.82) is 0 Å². The maximum Gasteiger partial charge on any atom is 0.253 e. The smallest absolute Gasteiger partial charge is 0.253 e. The lowest BCUT2D eigenvalue weighted by molar-refractivity contribution is -0.124. The molecule has 0 aliphatic carbocycles. The molecule has 0 saturated carbocycles. The van der Waals surface area contributed by atoms with Gasteiger partial charge in [-0.3, -0.25) is 4.79 Å². The molecule has 3 heterocycles. The molecule has 2 aromatic heterocycles. The Kier molecular flexibility index (Phi) is 5.78. The summed E-state index contributed by atoms with van der Waals surface area (Å²) in [6.45, 7) is 0.739. The lowest BCUT2D eigenvalue weighted by Gasteiger charge is -2.22. The van der Waals surface area contributed by atoms with E-state index >= 15 is 0 Å². The Labute approximate surface area is 155 Å². The number of sulfonamides is 1. The first-order valence-electron chi connectivity index (χ1n) is 7.84. The van der Waals surface area contributed by atoms with Crippen molar-refractivity contribution in [2.45, 2.75) is 34.7 Å². The molecule has 0 spiro atoms. The third-order valence-corrected chi connectivity index (χ3v) is 7.96. The Hall–Kier alpha value is -1.42. The van der Waals surface area contributed by atoms with Gasteiger partial charge in [-0.15, -0.1) is 23.1 Å². The molecule has 1 fully saturated rings. The van der Waals surface area contributed by atoms with E-state index < -0.39 is 16.1 Å². The summed E-state index contributed by atoms with van der Waals surface area (Å²) in [4.78, 5) is 16.8. The highest BCUT2D eigenvalue weighted by atomic mass is 32.2. The van der Waals surface area contributed by atoms with E-state index in [-0.39, 0.29) is 10.1 Å². The average molecular weight is 398 g/mol. The van der Waals surface area contributed by atoms with Crippen LogP contribution in [0, 0.1) is 0 Å². The summed E-state index contributed by atoms with van der Waals surface area (Å²) in [5.41, 5.74) is 0.943. The Morgan fingerprint density at radius 1 is 1.48 bits per heavy atom. The quantitative estimate of drug-likeness (QED) is 0.757. The number of carbonyl (C=O) groups excluding carboxylic acids is 1. The average Bonchev–Trinajstić information content (AvgIpc) is 3.31. The predicted octanol–water partition coefficient (Wildman–Crippen LogP) is 2.33. The van der Waals surface area contributed by atoms with Gasteiger partial charge in [0.1, 0.15) is 10.3 Å². The van der Waals surface area contributed by atoms with Crippen LogP contribution >= 0.6 is 23.1 Å². The zero-order valence-electron chi connectivity index (χ0n) is 13.7. The van der Waals surface area contributed by atoms with Crippen molar-refractivity contribution in [2.24, 2.45) is 0 Å². The van der Waals surface area contributed by atoms with Crippen LogP contribution in [0.3, 0.4) is 0 Å². The molecule has 1 atom stereocenters. The number of hydrogen-bond acceptors (Lipinski definition) is 6. The molecular weight excluding hydrogens is 378 g/mol. The van der Waals surface area contributed by atoms with E-state index in [9.17, 15) is 13.2 Å². The molecule has 1 saturated heterocycles. The van der Waals surface area contributed by atoms with Gasteiger partial charge in [0.2, 0.25) is 5.91 Å². The minimum Gasteiger partial charge on any atom is -0.351 e. The summed E-state index contributed by atoms with van der Waals surface area (Å²) in [7, 11) is -3.61. The molecule has 0 aromatic carbocycles. The van der Waals surface area contributed by atoms with Crippen molar-refractivity contribution in [3.05, 3.63) is 41.4 Å². The molecule has 6 nitrogen and oxygen atoms in total. The van der Waals surface area contributed by atoms with Crippen LogP contribution in [-0.2, 0) is 21.4 Å². The molecule has 0 bridgehead atoms.